The summed E-state index contributed by atoms with van der Waals surface area (Å²) in [6.45, 7) is 4.35. The molecule has 0 unspecified atom stereocenters. The highest BCUT2D eigenvalue weighted by Gasteiger charge is 2.08. The van der Waals surface area contributed by atoms with E-state index in [4.69, 9.17) is 23.2 Å². The summed E-state index contributed by atoms with van der Waals surface area (Å²) in [7, 11) is 0. The molecule has 0 aliphatic carbocycles. The quantitative estimate of drug-likeness (QED) is 0.791. The zero-order chi connectivity index (χ0) is 11.0. The number of halogens is 2. The average molecular weight is 243 g/mol. The van der Waals surface area contributed by atoms with Crippen LogP contribution in [0.25, 0.3) is 11.0 Å². The first-order chi connectivity index (χ1) is 7.06. The Balaban J connectivity index is 2.50. The summed E-state index contributed by atoms with van der Waals surface area (Å²) in [5.41, 5.74) is 1.92. The zero-order valence-electron chi connectivity index (χ0n) is 8.64. The van der Waals surface area contributed by atoms with Crippen molar-refractivity contribution >= 4 is 34.2 Å². The number of nitrogens with one attached hydrogen (secondary N) is 1. The van der Waals surface area contributed by atoms with Gasteiger partial charge in [-0.05, 0) is 24.5 Å². The number of rotatable bonds is 2. The maximum atomic E-state index is 6.07. The molecule has 0 aromatic carbocycles. The van der Waals surface area contributed by atoms with Gasteiger partial charge in [0, 0.05) is 11.1 Å². The van der Waals surface area contributed by atoms with Crippen LogP contribution in [0.5, 0.6) is 0 Å². The Kier molecular flexibility index (Phi) is 2.89. The lowest BCUT2D eigenvalue weighted by Crippen LogP contribution is -1.93. The minimum absolute atomic E-state index is 0.422. The SMILES string of the molecule is CC(C)Cc1cc2c(Cl)cc(Cl)nc2[nH]1. The van der Waals surface area contributed by atoms with Crippen LogP contribution < -0.4 is 0 Å². The lowest BCUT2D eigenvalue weighted by molar-refractivity contribution is 0.638. The third-order valence-electron chi connectivity index (χ3n) is 2.20. The Hall–Kier alpha value is -0.730. The lowest BCUT2D eigenvalue weighted by Gasteiger charge is -1.99. The molecule has 15 heavy (non-hydrogen) atoms. The first-order valence-electron chi connectivity index (χ1n) is 4.90. The van der Waals surface area contributed by atoms with Crippen LogP contribution in [0.15, 0.2) is 12.1 Å². The number of hydrogen-bond acceptors (Lipinski definition) is 1. The molecule has 4 heteroatoms. The van der Waals surface area contributed by atoms with Crippen molar-refractivity contribution in [1.82, 2.24) is 9.97 Å². The van der Waals surface area contributed by atoms with Crippen molar-refractivity contribution < 1.29 is 0 Å². The van der Waals surface area contributed by atoms with Crippen LogP contribution in [-0.4, -0.2) is 9.97 Å². The molecule has 0 bridgehead atoms. The number of pyridine rings is 1. The van der Waals surface area contributed by atoms with Gasteiger partial charge in [0.25, 0.3) is 0 Å². The van der Waals surface area contributed by atoms with Gasteiger partial charge in [-0.1, -0.05) is 37.0 Å². The molecule has 0 saturated heterocycles. The third kappa shape index (κ3) is 2.27. The first-order valence-corrected chi connectivity index (χ1v) is 5.65. The molecule has 0 radical (unpaired) electrons. The van der Waals surface area contributed by atoms with Crippen molar-refractivity contribution in [2.75, 3.05) is 0 Å². The molecule has 0 aliphatic heterocycles. The predicted molar refractivity (Wildman–Crippen MR) is 64.7 cm³/mol. The van der Waals surface area contributed by atoms with E-state index in [1.54, 1.807) is 6.07 Å². The topological polar surface area (TPSA) is 28.7 Å². The molecular weight excluding hydrogens is 231 g/mol. The van der Waals surface area contributed by atoms with Gasteiger partial charge in [-0.2, -0.15) is 0 Å². The molecule has 2 aromatic rings. The van der Waals surface area contributed by atoms with E-state index in [9.17, 15) is 0 Å². The van der Waals surface area contributed by atoms with Crippen LogP contribution in [0.1, 0.15) is 19.5 Å². The summed E-state index contributed by atoms with van der Waals surface area (Å²) in [6.07, 6.45) is 0.990. The van der Waals surface area contributed by atoms with E-state index in [0.717, 1.165) is 23.1 Å². The largest absolute Gasteiger partial charge is 0.343 e. The van der Waals surface area contributed by atoms with Crippen molar-refractivity contribution in [3.8, 4) is 0 Å². The van der Waals surface area contributed by atoms with E-state index in [1.165, 1.54) is 0 Å². The Morgan fingerprint density at radius 1 is 1.33 bits per heavy atom. The molecule has 0 fully saturated rings. The van der Waals surface area contributed by atoms with Crippen LogP contribution in [0.4, 0.5) is 0 Å². The summed E-state index contributed by atoms with van der Waals surface area (Å²) < 4.78 is 0. The molecule has 2 rings (SSSR count). The second-order valence-electron chi connectivity index (χ2n) is 4.08. The Labute approximate surface area is 98.6 Å². The summed E-state index contributed by atoms with van der Waals surface area (Å²) in [6, 6.07) is 3.71. The van der Waals surface area contributed by atoms with Crippen LogP contribution >= 0.6 is 23.2 Å². The van der Waals surface area contributed by atoms with Crippen LogP contribution in [0.2, 0.25) is 10.2 Å². The Bertz CT molecular complexity index is 489. The standard InChI is InChI=1S/C11H12Cl2N2/c1-6(2)3-7-4-8-9(12)5-10(13)15-11(8)14-7/h4-6H,3H2,1-2H3,(H,14,15). The minimum Gasteiger partial charge on any atom is -0.343 e. The van der Waals surface area contributed by atoms with Gasteiger partial charge in [-0.25, -0.2) is 4.98 Å². The highest BCUT2D eigenvalue weighted by molar-refractivity contribution is 6.37. The number of H-pyrrole nitrogens is 1. The fraction of sp³-hybridized carbons (Fsp3) is 0.364. The van der Waals surface area contributed by atoms with Gasteiger partial charge in [0.1, 0.15) is 10.8 Å². The van der Waals surface area contributed by atoms with Crippen molar-refractivity contribution in [2.24, 2.45) is 5.92 Å². The molecule has 2 heterocycles. The summed E-state index contributed by atoms with van der Waals surface area (Å²) in [4.78, 5) is 7.42. The first kappa shape index (κ1) is 10.8. The van der Waals surface area contributed by atoms with E-state index >= 15 is 0 Å². The Morgan fingerprint density at radius 3 is 2.73 bits per heavy atom. The summed E-state index contributed by atoms with van der Waals surface area (Å²) in [5.74, 6) is 0.604. The van der Waals surface area contributed by atoms with Crippen molar-refractivity contribution in [3.05, 3.63) is 28.0 Å². The molecule has 0 amide bonds. The highest BCUT2D eigenvalue weighted by Crippen LogP contribution is 2.26. The third-order valence-corrected chi connectivity index (χ3v) is 2.71. The van der Waals surface area contributed by atoms with E-state index in [-0.39, 0.29) is 0 Å². The molecule has 80 valence electrons. The molecule has 0 atom stereocenters. The second-order valence-corrected chi connectivity index (χ2v) is 4.88. The lowest BCUT2D eigenvalue weighted by atomic mass is 10.1. The van der Waals surface area contributed by atoms with Gasteiger partial charge in [0.05, 0.1) is 5.02 Å². The normalized spacial score (nSPS) is 11.5. The van der Waals surface area contributed by atoms with Crippen molar-refractivity contribution in [3.63, 3.8) is 0 Å². The van der Waals surface area contributed by atoms with Crippen LogP contribution in [0.3, 0.4) is 0 Å². The number of hydrogen-bond donors (Lipinski definition) is 1. The zero-order valence-corrected chi connectivity index (χ0v) is 10.2. The molecule has 2 nitrogen and oxygen atoms in total. The smallest absolute Gasteiger partial charge is 0.140 e. The number of aromatic nitrogens is 2. The maximum absolute atomic E-state index is 6.07. The van der Waals surface area contributed by atoms with Crippen molar-refractivity contribution in [2.45, 2.75) is 20.3 Å². The number of aromatic amines is 1. The van der Waals surface area contributed by atoms with Gasteiger partial charge < -0.3 is 4.98 Å². The molecular formula is C11H12Cl2N2. The number of fused-ring (bicyclic) bond motifs is 1. The van der Waals surface area contributed by atoms with E-state index in [2.05, 4.69) is 23.8 Å². The van der Waals surface area contributed by atoms with Crippen molar-refractivity contribution in [1.29, 1.82) is 0 Å². The van der Waals surface area contributed by atoms with E-state index < -0.39 is 0 Å². The fourth-order valence-electron chi connectivity index (χ4n) is 1.64. The van der Waals surface area contributed by atoms with Gasteiger partial charge in [0.15, 0.2) is 0 Å². The van der Waals surface area contributed by atoms with E-state index in [1.807, 2.05) is 6.07 Å². The number of nitrogens with zero attached hydrogens (tertiary/aromatic N) is 1. The van der Waals surface area contributed by atoms with Gasteiger partial charge in [-0.3, -0.25) is 0 Å². The second kappa shape index (κ2) is 4.03. The summed E-state index contributed by atoms with van der Waals surface area (Å²) in [5, 5.41) is 2.01. The van der Waals surface area contributed by atoms with Crippen LogP contribution in [-0.2, 0) is 6.42 Å². The van der Waals surface area contributed by atoms with Crippen LogP contribution in [0, 0.1) is 5.92 Å². The van der Waals surface area contributed by atoms with Gasteiger partial charge in [0.2, 0.25) is 0 Å². The molecule has 0 spiro atoms. The Morgan fingerprint density at radius 2 is 2.07 bits per heavy atom. The summed E-state index contributed by atoms with van der Waals surface area (Å²) >= 11 is 11.9. The molecule has 1 N–H and O–H groups in total. The van der Waals surface area contributed by atoms with Gasteiger partial charge in [-0.15, -0.1) is 0 Å². The molecule has 0 saturated carbocycles. The molecule has 0 aliphatic rings. The average Bonchev–Trinajstić information content (AvgIpc) is 2.45. The maximum Gasteiger partial charge on any atom is 0.140 e. The highest BCUT2D eigenvalue weighted by atomic mass is 35.5. The monoisotopic (exact) mass is 242 g/mol. The minimum atomic E-state index is 0.422. The fourth-order valence-corrected chi connectivity index (χ4v) is 2.14. The van der Waals surface area contributed by atoms with Gasteiger partial charge >= 0.3 is 0 Å². The predicted octanol–water partition coefficient (Wildman–Crippen LogP) is 4.07. The van der Waals surface area contributed by atoms with E-state index in [0.29, 0.717) is 16.1 Å². The molecule has 2 aromatic heterocycles.